The van der Waals surface area contributed by atoms with Gasteiger partial charge >= 0.3 is 6.09 Å². The van der Waals surface area contributed by atoms with Crippen LogP contribution in [-0.4, -0.2) is 47.6 Å². The SMILES string of the molecule is CC(C)(C)OC(=O)N1CCC[C@H](NC(=O)C2CCC(F)(F)CC2)C1. The van der Waals surface area contributed by atoms with Crippen molar-refractivity contribution in [2.45, 2.75) is 76.9 Å². The fourth-order valence-corrected chi connectivity index (χ4v) is 3.21. The van der Waals surface area contributed by atoms with Crippen LogP contribution in [-0.2, 0) is 9.53 Å². The van der Waals surface area contributed by atoms with Gasteiger partial charge in [0.1, 0.15) is 5.60 Å². The molecule has 7 heteroatoms. The van der Waals surface area contributed by atoms with E-state index < -0.39 is 11.5 Å². The van der Waals surface area contributed by atoms with Crippen LogP contribution in [0.2, 0.25) is 0 Å². The number of rotatable bonds is 2. The van der Waals surface area contributed by atoms with Gasteiger partial charge in [-0.3, -0.25) is 4.79 Å². The van der Waals surface area contributed by atoms with Crippen LogP contribution >= 0.6 is 0 Å². The molecule has 1 N–H and O–H groups in total. The highest BCUT2D eigenvalue weighted by Gasteiger charge is 2.38. The Balaban J connectivity index is 1.82. The van der Waals surface area contributed by atoms with Gasteiger partial charge in [-0.2, -0.15) is 0 Å². The average Bonchev–Trinajstić information content (AvgIpc) is 2.45. The van der Waals surface area contributed by atoms with Crippen LogP contribution in [0.3, 0.4) is 0 Å². The lowest BCUT2D eigenvalue weighted by molar-refractivity contribution is -0.130. The minimum Gasteiger partial charge on any atom is -0.444 e. The normalized spacial score (nSPS) is 25.2. The summed E-state index contributed by atoms with van der Waals surface area (Å²) in [5.41, 5.74) is -0.555. The van der Waals surface area contributed by atoms with Crippen molar-refractivity contribution >= 4 is 12.0 Å². The van der Waals surface area contributed by atoms with E-state index in [9.17, 15) is 18.4 Å². The third-order valence-corrected chi connectivity index (χ3v) is 4.51. The van der Waals surface area contributed by atoms with Gasteiger partial charge in [0.25, 0.3) is 0 Å². The van der Waals surface area contributed by atoms with Crippen molar-refractivity contribution in [1.82, 2.24) is 10.2 Å². The number of nitrogens with one attached hydrogen (secondary N) is 1. The minimum absolute atomic E-state index is 0.138. The molecule has 0 bridgehead atoms. The van der Waals surface area contributed by atoms with Gasteiger partial charge in [-0.25, -0.2) is 13.6 Å². The maximum absolute atomic E-state index is 13.2. The van der Waals surface area contributed by atoms with Gasteiger partial charge in [0.05, 0.1) is 0 Å². The fourth-order valence-electron chi connectivity index (χ4n) is 3.21. The molecule has 2 amide bonds. The molecular formula is C17H28F2N2O3. The number of ether oxygens (including phenoxy) is 1. The van der Waals surface area contributed by atoms with Gasteiger partial charge < -0.3 is 15.0 Å². The van der Waals surface area contributed by atoms with E-state index >= 15 is 0 Å². The number of carbonyl (C=O) groups is 2. The Morgan fingerprint density at radius 1 is 1.17 bits per heavy atom. The molecule has 2 aliphatic rings. The van der Waals surface area contributed by atoms with E-state index in [0.29, 0.717) is 13.1 Å². The van der Waals surface area contributed by atoms with Crippen LogP contribution in [0.1, 0.15) is 59.3 Å². The second-order valence-electron chi connectivity index (χ2n) is 7.90. The molecule has 1 heterocycles. The largest absolute Gasteiger partial charge is 0.444 e. The first-order valence-electron chi connectivity index (χ1n) is 8.72. The number of halogens is 2. The Morgan fingerprint density at radius 3 is 2.38 bits per heavy atom. The summed E-state index contributed by atoms with van der Waals surface area (Å²) in [6.07, 6.45) is 1.20. The highest BCUT2D eigenvalue weighted by Crippen LogP contribution is 2.36. The first kappa shape index (κ1) is 18.9. The molecular weight excluding hydrogens is 318 g/mol. The summed E-state index contributed by atoms with van der Waals surface area (Å²) in [5.74, 6) is -3.14. The van der Waals surface area contributed by atoms with Gasteiger partial charge in [-0.1, -0.05) is 0 Å². The van der Waals surface area contributed by atoms with Crippen LogP contribution in [0.4, 0.5) is 13.6 Å². The van der Waals surface area contributed by atoms with Gasteiger partial charge in [0.2, 0.25) is 11.8 Å². The van der Waals surface area contributed by atoms with E-state index in [2.05, 4.69) is 5.32 Å². The summed E-state index contributed by atoms with van der Waals surface area (Å²) in [5, 5.41) is 2.93. The van der Waals surface area contributed by atoms with Gasteiger partial charge in [0, 0.05) is 37.9 Å². The third kappa shape index (κ3) is 5.60. The molecule has 138 valence electrons. The molecule has 0 aromatic carbocycles. The molecule has 1 aliphatic carbocycles. The average molecular weight is 346 g/mol. The van der Waals surface area contributed by atoms with Crippen molar-refractivity contribution in [2.75, 3.05) is 13.1 Å². The van der Waals surface area contributed by atoms with Crippen molar-refractivity contribution < 1.29 is 23.1 Å². The number of piperidine rings is 1. The quantitative estimate of drug-likeness (QED) is 0.834. The number of nitrogens with zero attached hydrogens (tertiary/aromatic N) is 1. The molecule has 1 atom stereocenters. The lowest BCUT2D eigenvalue weighted by Crippen LogP contribution is -2.52. The zero-order chi connectivity index (χ0) is 18.0. The number of alkyl halides is 2. The summed E-state index contributed by atoms with van der Waals surface area (Å²) < 4.78 is 31.7. The molecule has 24 heavy (non-hydrogen) atoms. The Hall–Kier alpha value is -1.40. The van der Waals surface area contributed by atoms with E-state index in [4.69, 9.17) is 4.74 Å². The number of carbonyl (C=O) groups excluding carboxylic acids is 2. The molecule has 0 radical (unpaired) electrons. The first-order valence-corrected chi connectivity index (χ1v) is 8.72. The molecule has 2 fully saturated rings. The summed E-state index contributed by atoms with van der Waals surface area (Å²) in [6.45, 7) is 6.45. The van der Waals surface area contributed by atoms with E-state index in [-0.39, 0.29) is 49.6 Å². The maximum atomic E-state index is 13.2. The standard InChI is InChI=1S/C17H28F2N2O3/c1-16(2,3)24-15(23)21-10-4-5-13(11-21)20-14(22)12-6-8-17(18,19)9-7-12/h12-13H,4-11H2,1-3H3,(H,20,22)/t13-/m0/s1. The van der Waals surface area contributed by atoms with E-state index in [1.165, 1.54) is 0 Å². The number of likely N-dealkylation sites (tertiary alicyclic amines) is 1. The smallest absolute Gasteiger partial charge is 0.410 e. The molecule has 5 nitrogen and oxygen atoms in total. The van der Waals surface area contributed by atoms with Crippen LogP contribution in [0.25, 0.3) is 0 Å². The molecule has 2 rings (SSSR count). The Labute approximate surface area is 142 Å². The lowest BCUT2D eigenvalue weighted by atomic mass is 9.86. The zero-order valence-corrected chi connectivity index (χ0v) is 14.7. The molecule has 0 aromatic rings. The summed E-state index contributed by atoms with van der Waals surface area (Å²) in [4.78, 5) is 26.0. The number of hydrogen-bond donors (Lipinski definition) is 1. The second kappa shape index (κ2) is 7.23. The summed E-state index contributed by atoms with van der Waals surface area (Å²) in [7, 11) is 0. The summed E-state index contributed by atoms with van der Waals surface area (Å²) >= 11 is 0. The van der Waals surface area contributed by atoms with E-state index in [1.54, 1.807) is 4.90 Å². The summed E-state index contributed by atoms with van der Waals surface area (Å²) in [6, 6.07) is -0.138. The minimum atomic E-state index is -2.63. The van der Waals surface area contributed by atoms with Crippen molar-refractivity contribution in [3.63, 3.8) is 0 Å². The van der Waals surface area contributed by atoms with Crippen LogP contribution in [0.15, 0.2) is 0 Å². The molecule has 0 aromatic heterocycles. The highest BCUT2D eigenvalue weighted by molar-refractivity contribution is 5.79. The Bertz CT molecular complexity index is 467. The van der Waals surface area contributed by atoms with Gasteiger partial charge in [-0.15, -0.1) is 0 Å². The topological polar surface area (TPSA) is 58.6 Å². The Kier molecular flexibility index (Phi) is 5.71. The van der Waals surface area contributed by atoms with Crippen molar-refractivity contribution in [3.05, 3.63) is 0 Å². The lowest BCUT2D eigenvalue weighted by Gasteiger charge is -2.35. The van der Waals surface area contributed by atoms with Crippen LogP contribution in [0, 0.1) is 5.92 Å². The predicted octanol–water partition coefficient (Wildman–Crippen LogP) is 3.33. The van der Waals surface area contributed by atoms with E-state index in [1.807, 2.05) is 20.8 Å². The van der Waals surface area contributed by atoms with E-state index in [0.717, 1.165) is 12.8 Å². The predicted molar refractivity (Wildman–Crippen MR) is 85.9 cm³/mol. The monoisotopic (exact) mass is 346 g/mol. The van der Waals surface area contributed by atoms with Crippen LogP contribution in [0.5, 0.6) is 0 Å². The van der Waals surface area contributed by atoms with Crippen molar-refractivity contribution in [1.29, 1.82) is 0 Å². The van der Waals surface area contributed by atoms with Crippen molar-refractivity contribution in [2.24, 2.45) is 5.92 Å². The third-order valence-electron chi connectivity index (χ3n) is 4.51. The number of hydrogen-bond acceptors (Lipinski definition) is 3. The Morgan fingerprint density at radius 2 is 1.79 bits per heavy atom. The molecule has 1 saturated carbocycles. The van der Waals surface area contributed by atoms with Gasteiger partial charge in [-0.05, 0) is 46.5 Å². The molecule has 1 saturated heterocycles. The maximum Gasteiger partial charge on any atom is 0.410 e. The molecule has 0 spiro atoms. The fraction of sp³-hybridized carbons (Fsp3) is 0.882. The first-order chi connectivity index (χ1) is 11.1. The zero-order valence-electron chi connectivity index (χ0n) is 14.7. The highest BCUT2D eigenvalue weighted by atomic mass is 19.3. The second-order valence-corrected chi connectivity index (χ2v) is 7.90. The van der Waals surface area contributed by atoms with Crippen molar-refractivity contribution in [3.8, 4) is 0 Å². The van der Waals surface area contributed by atoms with Gasteiger partial charge in [0.15, 0.2) is 0 Å². The van der Waals surface area contributed by atoms with Crippen LogP contribution < -0.4 is 5.32 Å². The molecule has 0 unspecified atom stereocenters. The molecule has 1 aliphatic heterocycles. The number of amides is 2.